The van der Waals surface area contributed by atoms with Crippen molar-refractivity contribution in [1.29, 1.82) is 0 Å². The molecule has 1 aliphatic rings. The zero-order valence-corrected chi connectivity index (χ0v) is 9.86. The fourth-order valence-electron chi connectivity index (χ4n) is 2.63. The normalized spacial score (nSPS) is 18.7. The molecule has 2 N–H and O–H groups in total. The summed E-state index contributed by atoms with van der Waals surface area (Å²) in [6.07, 6.45) is 1.77. The number of piperidine rings is 1. The first kappa shape index (κ1) is 11.3. The van der Waals surface area contributed by atoms with Crippen LogP contribution in [0, 0.1) is 5.82 Å². The lowest BCUT2D eigenvalue weighted by Crippen LogP contribution is -2.41. The third-order valence-corrected chi connectivity index (χ3v) is 3.63. The monoisotopic (exact) mass is 247 g/mol. The Balaban J connectivity index is 2.07. The molecule has 2 aromatic rings. The van der Waals surface area contributed by atoms with Gasteiger partial charge in [-0.25, -0.2) is 4.39 Å². The summed E-state index contributed by atoms with van der Waals surface area (Å²) in [5, 5.41) is 17.8. The molecule has 0 saturated carbocycles. The second-order valence-electron chi connectivity index (χ2n) is 4.57. The molecule has 0 atom stereocenters. The van der Waals surface area contributed by atoms with Gasteiger partial charge in [0.05, 0.1) is 5.41 Å². The zero-order valence-electron chi connectivity index (χ0n) is 9.86. The largest absolute Gasteiger partial charge is 0.317 e. The minimum Gasteiger partial charge on any atom is -0.317 e. The van der Waals surface area contributed by atoms with E-state index >= 15 is 0 Å². The van der Waals surface area contributed by atoms with Crippen molar-refractivity contribution in [2.45, 2.75) is 18.3 Å². The van der Waals surface area contributed by atoms with Gasteiger partial charge in [-0.15, -0.1) is 10.2 Å². The first-order chi connectivity index (χ1) is 8.81. The Bertz CT molecular complexity index is 502. The predicted octanol–water partition coefficient (Wildman–Crippen LogP) is 1.01. The number of benzene rings is 1. The van der Waals surface area contributed by atoms with Crippen LogP contribution in [0.1, 0.15) is 24.2 Å². The van der Waals surface area contributed by atoms with Crippen molar-refractivity contribution in [2.75, 3.05) is 13.1 Å². The van der Waals surface area contributed by atoms with Crippen molar-refractivity contribution in [3.05, 3.63) is 41.5 Å². The number of tetrazole rings is 1. The van der Waals surface area contributed by atoms with Crippen LogP contribution >= 0.6 is 0 Å². The van der Waals surface area contributed by atoms with Crippen LogP contribution < -0.4 is 5.32 Å². The first-order valence-electron chi connectivity index (χ1n) is 6.02. The highest BCUT2D eigenvalue weighted by atomic mass is 19.1. The van der Waals surface area contributed by atoms with Crippen LogP contribution in [0.25, 0.3) is 0 Å². The van der Waals surface area contributed by atoms with E-state index in [-0.39, 0.29) is 11.2 Å². The maximum atomic E-state index is 13.1. The van der Waals surface area contributed by atoms with Gasteiger partial charge < -0.3 is 5.32 Å². The molecule has 0 aliphatic carbocycles. The molecule has 6 heteroatoms. The summed E-state index contributed by atoms with van der Waals surface area (Å²) < 4.78 is 13.1. The van der Waals surface area contributed by atoms with Crippen LogP contribution in [-0.2, 0) is 5.41 Å². The Morgan fingerprint density at radius 2 is 1.83 bits per heavy atom. The molecule has 1 aromatic carbocycles. The lowest BCUT2D eigenvalue weighted by Gasteiger charge is -2.35. The fourth-order valence-corrected chi connectivity index (χ4v) is 2.63. The molecule has 3 rings (SSSR count). The molecule has 18 heavy (non-hydrogen) atoms. The average Bonchev–Trinajstić information content (AvgIpc) is 2.95. The van der Waals surface area contributed by atoms with Crippen LogP contribution in [0.3, 0.4) is 0 Å². The van der Waals surface area contributed by atoms with Crippen LogP contribution in [-0.4, -0.2) is 33.7 Å². The second kappa shape index (κ2) is 4.45. The topological polar surface area (TPSA) is 66.5 Å². The van der Waals surface area contributed by atoms with Crippen molar-refractivity contribution in [2.24, 2.45) is 0 Å². The summed E-state index contributed by atoms with van der Waals surface area (Å²) in [6, 6.07) is 6.60. The molecule has 5 nitrogen and oxygen atoms in total. The summed E-state index contributed by atoms with van der Waals surface area (Å²) >= 11 is 0. The number of aromatic nitrogens is 4. The van der Waals surface area contributed by atoms with Crippen LogP contribution in [0.15, 0.2) is 24.3 Å². The number of hydrogen-bond donors (Lipinski definition) is 2. The van der Waals surface area contributed by atoms with Gasteiger partial charge in [0, 0.05) is 0 Å². The first-order valence-corrected chi connectivity index (χ1v) is 6.02. The lowest BCUT2D eigenvalue weighted by atomic mass is 9.72. The molecule has 94 valence electrons. The lowest BCUT2D eigenvalue weighted by molar-refractivity contribution is 0.345. The summed E-state index contributed by atoms with van der Waals surface area (Å²) in [5.74, 6) is 0.464. The predicted molar refractivity (Wildman–Crippen MR) is 63.5 cm³/mol. The number of nitrogens with zero attached hydrogens (tertiary/aromatic N) is 3. The number of aromatic amines is 1. The molecule has 0 unspecified atom stereocenters. The van der Waals surface area contributed by atoms with Gasteiger partial charge in [-0.1, -0.05) is 17.3 Å². The van der Waals surface area contributed by atoms with E-state index in [2.05, 4.69) is 25.9 Å². The van der Waals surface area contributed by atoms with Crippen molar-refractivity contribution in [1.82, 2.24) is 25.9 Å². The highest BCUT2D eigenvalue weighted by Crippen LogP contribution is 2.37. The molecule has 0 amide bonds. The highest BCUT2D eigenvalue weighted by Gasteiger charge is 2.39. The molecule has 1 aliphatic heterocycles. The number of hydrogen-bond acceptors (Lipinski definition) is 4. The van der Waals surface area contributed by atoms with E-state index in [9.17, 15) is 4.39 Å². The van der Waals surface area contributed by atoms with E-state index in [1.165, 1.54) is 12.1 Å². The number of H-pyrrole nitrogens is 1. The fraction of sp³-hybridized carbons (Fsp3) is 0.417. The van der Waals surface area contributed by atoms with Crippen LogP contribution in [0.2, 0.25) is 0 Å². The maximum absolute atomic E-state index is 13.1. The molecule has 1 fully saturated rings. The van der Waals surface area contributed by atoms with Gasteiger partial charge in [0.2, 0.25) is 0 Å². The van der Waals surface area contributed by atoms with E-state index in [1.54, 1.807) is 0 Å². The Morgan fingerprint density at radius 1 is 1.11 bits per heavy atom. The van der Waals surface area contributed by atoms with E-state index in [0.717, 1.165) is 31.5 Å². The number of halogens is 1. The average molecular weight is 247 g/mol. The SMILES string of the molecule is Fc1ccc(C2(c3nn[nH]n3)CCNCC2)cc1. The van der Waals surface area contributed by atoms with Crippen molar-refractivity contribution < 1.29 is 4.39 Å². The standard InChI is InChI=1S/C12H14FN5/c13-10-3-1-9(2-4-10)12(5-7-14-8-6-12)11-15-17-18-16-11/h1-4,14H,5-8H2,(H,15,16,17,18). The third kappa shape index (κ3) is 1.78. The van der Waals surface area contributed by atoms with Crippen LogP contribution in [0.5, 0.6) is 0 Å². The molecular weight excluding hydrogens is 233 g/mol. The van der Waals surface area contributed by atoms with Crippen LogP contribution in [0.4, 0.5) is 4.39 Å². The molecule has 1 aromatic heterocycles. The smallest absolute Gasteiger partial charge is 0.185 e. The summed E-state index contributed by atoms with van der Waals surface area (Å²) in [4.78, 5) is 0. The van der Waals surface area contributed by atoms with Gasteiger partial charge in [0.25, 0.3) is 0 Å². The Morgan fingerprint density at radius 3 is 2.44 bits per heavy atom. The minimum atomic E-state index is -0.258. The maximum Gasteiger partial charge on any atom is 0.185 e. The van der Waals surface area contributed by atoms with Gasteiger partial charge in [-0.05, 0) is 43.6 Å². The van der Waals surface area contributed by atoms with E-state index in [1.807, 2.05) is 12.1 Å². The third-order valence-electron chi connectivity index (χ3n) is 3.63. The van der Waals surface area contributed by atoms with Crippen molar-refractivity contribution in [3.63, 3.8) is 0 Å². The van der Waals surface area contributed by atoms with E-state index in [0.29, 0.717) is 5.82 Å². The Labute approximate surface area is 104 Å². The second-order valence-corrected chi connectivity index (χ2v) is 4.57. The summed E-state index contributed by atoms with van der Waals surface area (Å²) in [5.41, 5.74) is 0.790. The van der Waals surface area contributed by atoms with E-state index in [4.69, 9.17) is 0 Å². The number of nitrogens with one attached hydrogen (secondary N) is 2. The minimum absolute atomic E-state index is 0.226. The molecule has 1 saturated heterocycles. The molecule has 0 spiro atoms. The van der Waals surface area contributed by atoms with E-state index < -0.39 is 0 Å². The van der Waals surface area contributed by atoms with Crippen molar-refractivity contribution in [3.8, 4) is 0 Å². The van der Waals surface area contributed by atoms with Gasteiger partial charge in [0.15, 0.2) is 5.82 Å². The van der Waals surface area contributed by atoms with Gasteiger partial charge in [-0.2, -0.15) is 5.21 Å². The zero-order chi connectivity index (χ0) is 12.4. The molecule has 0 bridgehead atoms. The summed E-state index contributed by atoms with van der Waals surface area (Å²) in [7, 11) is 0. The Hall–Kier alpha value is -1.82. The summed E-state index contributed by atoms with van der Waals surface area (Å²) in [6.45, 7) is 1.79. The molecule has 2 heterocycles. The molecular formula is C12H14FN5. The van der Waals surface area contributed by atoms with Gasteiger partial charge in [0.1, 0.15) is 5.82 Å². The van der Waals surface area contributed by atoms with Gasteiger partial charge >= 0.3 is 0 Å². The molecule has 0 radical (unpaired) electrons. The highest BCUT2D eigenvalue weighted by molar-refractivity contribution is 5.33. The number of rotatable bonds is 2. The quantitative estimate of drug-likeness (QED) is 0.831. The Kier molecular flexibility index (Phi) is 2.79. The van der Waals surface area contributed by atoms with Crippen molar-refractivity contribution >= 4 is 0 Å². The van der Waals surface area contributed by atoms with Gasteiger partial charge in [-0.3, -0.25) is 0 Å².